The van der Waals surface area contributed by atoms with Gasteiger partial charge in [-0.25, -0.2) is 12.8 Å². The second kappa shape index (κ2) is 8.32. The Labute approximate surface area is 168 Å². The molecule has 0 aliphatic heterocycles. The molecule has 0 aliphatic rings. The molecule has 8 heteroatoms. The summed E-state index contributed by atoms with van der Waals surface area (Å²) in [5, 5.41) is 2.56. The lowest BCUT2D eigenvalue weighted by Gasteiger charge is -2.11. The quantitative estimate of drug-likeness (QED) is 0.633. The Morgan fingerprint density at radius 3 is 2.31 bits per heavy atom. The van der Waals surface area contributed by atoms with Crippen LogP contribution >= 0.6 is 0 Å². The standard InChI is InChI=1S/C21H19FN2O4S/c1-14-6-7-17(13-20(14)22)23-21(25)15-4-3-5-19(12-15)29(26,27)24-16-8-10-18(28-2)11-9-16/h3-13,24H,1-2H3,(H,23,25). The van der Waals surface area contributed by atoms with E-state index in [-0.39, 0.29) is 16.1 Å². The fraction of sp³-hybridized carbons (Fsp3) is 0.0952. The monoisotopic (exact) mass is 414 g/mol. The average molecular weight is 414 g/mol. The number of sulfonamides is 1. The van der Waals surface area contributed by atoms with Crippen LogP contribution in [0.15, 0.2) is 71.6 Å². The van der Waals surface area contributed by atoms with Crippen LogP contribution in [0.25, 0.3) is 0 Å². The van der Waals surface area contributed by atoms with Crippen molar-refractivity contribution in [2.45, 2.75) is 11.8 Å². The van der Waals surface area contributed by atoms with Gasteiger partial charge in [0.25, 0.3) is 15.9 Å². The third-order valence-corrected chi connectivity index (χ3v) is 5.56. The number of hydrogen-bond donors (Lipinski definition) is 2. The number of rotatable bonds is 6. The molecule has 0 radical (unpaired) electrons. The molecule has 3 rings (SSSR count). The first-order chi connectivity index (χ1) is 13.8. The summed E-state index contributed by atoms with van der Waals surface area (Å²) in [4.78, 5) is 12.4. The van der Waals surface area contributed by atoms with Gasteiger partial charge in [0.15, 0.2) is 0 Å². The van der Waals surface area contributed by atoms with Crippen molar-refractivity contribution in [3.8, 4) is 5.75 Å². The number of nitrogens with one attached hydrogen (secondary N) is 2. The van der Waals surface area contributed by atoms with E-state index in [9.17, 15) is 17.6 Å². The van der Waals surface area contributed by atoms with E-state index in [0.29, 0.717) is 17.0 Å². The Kier molecular flexibility index (Phi) is 5.84. The molecule has 29 heavy (non-hydrogen) atoms. The molecule has 0 heterocycles. The van der Waals surface area contributed by atoms with E-state index in [0.717, 1.165) is 0 Å². The first-order valence-corrected chi connectivity index (χ1v) is 10.1. The summed E-state index contributed by atoms with van der Waals surface area (Å²) in [7, 11) is -2.39. The minimum Gasteiger partial charge on any atom is -0.497 e. The van der Waals surface area contributed by atoms with E-state index < -0.39 is 21.7 Å². The van der Waals surface area contributed by atoms with Gasteiger partial charge in [-0.2, -0.15) is 0 Å². The van der Waals surface area contributed by atoms with Gasteiger partial charge in [0.05, 0.1) is 12.0 Å². The number of amides is 1. The molecule has 3 aromatic rings. The predicted molar refractivity (Wildman–Crippen MR) is 109 cm³/mol. The Hall–Kier alpha value is -3.39. The second-order valence-corrected chi connectivity index (χ2v) is 7.96. The van der Waals surface area contributed by atoms with Crippen LogP contribution in [0, 0.1) is 12.7 Å². The smallest absolute Gasteiger partial charge is 0.261 e. The highest BCUT2D eigenvalue weighted by Crippen LogP contribution is 2.21. The van der Waals surface area contributed by atoms with Crippen LogP contribution in [-0.2, 0) is 10.0 Å². The molecule has 6 nitrogen and oxygen atoms in total. The predicted octanol–water partition coefficient (Wildman–Crippen LogP) is 4.20. The minimum atomic E-state index is -3.90. The summed E-state index contributed by atoms with van der Waals surface area (Å²) < 4.78 is 46.5. The molecule has 2 N–H and O–H groups in total. The van der Waals surface area contributed by atoms with Gasteiger partial charge in [-0.1, -0.05) is 12.1 Å². The molecule has 150 valence electrons. The lowest BCUT2D eigenvalue weighted by molar-refractivity contribution is 0.102. The van der Waals surface area contributed by atoms with Crippen molar-refractivity contribution in [1.82, 2.24) is 0 Å². The maximum Gasteiger partial charge on any atom is 0.261 e. The molecule has 0 saturated heterocycles. The first kappa shape index (κ1) is 20.3. The van der Waals surface area contributed by atoms with Crippen LogP contribution in [0.2, 0.25) is 0 Å². The van der Waals surface area contributed by atoms with Crippen LogP contribution in [0.1, 0.15) is 15.9 Å². The van der Waals surface area contributed by atoms with Gasteiger partial charge in [0.1, 0.15) is 11.6 Å². The van der Waals surface area contributed by atoms with Crippen molar-refractivity contribution in [1.29, 1.82) is 0 Å². The highest BCUT2D eigenvalue weighted by Gasteiger charge is 2.17. The summed E-state index contributed by atoms with van der Waals surface area (Å²) in [6.07, 6.45) is 0. The van der Waals surface area contributed by atoms with Crippen molar-refractivity contribution in [3.05, 3.63) is 83.7 Å². The zero-order valence-electron chi connectivity index (χ0n) is 15.8. The van der Waals surface area contributed by atoms with Gasteiger partial charge in [-0.05, 0) is 67.1 Å². The van der Waals surface area contributed by atoms with E-state index in [1.54, 1.807) is 43.3 Å². The molecule has 0 spiro atoms. The molecule has 1 amide bonds. The lowest BCUT2D eigenvalue weighted by Crippen LogP contribution is -2.16. The number of methoxy groups -OCH3 is 1. The van der Waals surface area contributed by atoms with Gasteiger partial charge in [-0.15, -0.1) is 0 Å². The zero-order valence-corrected chi connectivity index (χ0v) is 16.6. The Balaban J connectivity index is 1.79. The number of carbonyl (C=O) groups excluding carboxylic acids is 1. The highest BCUT2D eigenvalue weighted by molar-refractivity contribution is 7.92. The van der Waals surface area contributed by atoms with Crippen molar-refractivity contribution < 1.29 is 22.3 Å². The number of aryl methyl sites for hydroxylation is 1. The third-order valence-electron chi connectivity index (χ3n) is 4.18. The van der Waals surface area contributed by atoms with E-state index in [2.05, 4.69) is 10.0 Å². The molecule has 0 aromatic heterocycles. The molecule has 0 aliphatic carbocycles. The SMILES string of the molecule is COc1ccc(NS(=O)(=O)c2cccc(C(=O)Nc3ccc(C)c(F)c3)c2)cc1. The van der Waals surface area contributed by atoms with Gasteiger partial charge in [0, 0.05) is 16.9 Å². The average Bonchev–Trinajstić information content (AvgIpc) is 2.71. The fourth-order valence-corrected chi connectivity index (χ4v) is 3.66. The Morgan fingerprint density at radius 2 is 1.66 bits per heavy atom. The van der Waals surface area contributed by atoms with Gasteiger partial charge < -0.3 is 10.1 Å². The largest absolute Gasteiger partial charge is 0.497 e. The van der Waals surface area contributed by atoms with Crippen LogP contribution in [0.4, 0.5) is 15.8 Å². The zero-order chi connectivity index (χ0) is 21.0. The van der Waals surface area contributed by atoms with Gasteiger partial charge >= 0.3 is 0 Å². The lowest BCUT2D eigenvalue weighted by atomic mass is 10.2. The molecule has 3 aromatic carbocycles. The Morgan fingerprint density at radius 1 is 0.966 bits per heavy atom. The normalized spacial score (nSPS) is 11.0. The first-order valence-electron chi connectivity index (χ1n) is 8.63. The van der Waals surface area contributed by atoms with Crippen molar-refractivity contribution in [2.75, 3.05) is 17.1 Å². The third kappa shape index (κ3) is 4.91. The summed E-state index contributed by atoms with van der Waals surface area (Å²) >= 11 is 0. The topological polar surface area (TPSA) is 84.5 Å². The number of hydrogen-bond acceptors (Lipinski definition) is 4. The second-order valence-electron chi connectivity index (χ2n) is 6.28. The van der Waals surface area contributed by atoms with Crippen LogP contribution in [-0.4, -0.2) is 21.4 Å². The van der Waals surface area contributed by atoms with E-state index in [1.165, 1.54) is 37.4 Å². The number of carbonyl (C=O) groups is 1. The minimum absolute atomic E-state index is 0.0731. The number of ether oxygens (including phenoxy) is 1. The highest BCUT2D eigenvalue weighted by atomic mass is 32.2. The maximum absolute atomic E-state index is 13.7. The molecular formula is C21H19FN2O4S. The van der Waals surface area contributed by atoms with Crippen LogP contribution < -0.4 is 14.8 Å². The summed E-state index contributed by atoms with van der Waals surface area (Å²) in [6.45, 7) is 1.62. The maximum atomic E-state index is 13.7. The summed E-state index contributed by atoms with van der Waals surface area (Å²) in [6, 6.07) is 16.3. The molecule has 0 fully saturated rings. The number of anilines is 2. The van der Waals surface area contributed by atoms with Gasteiger partial charge in [-0.3, -0.25) is 9.52 Å². The summed E-state index contributed by atoms with van der Waals surface area (Å²) in [5.41, 5.74) is 1.22. The summed E-state index contributed by atoms with van der Waals surface area (Å²) in [5.74, 6) is -0.392. The van der Waals surface area contributed by atoms with Gasteiger partial charge in [0.2, 0.25) is 0 Å². The van der Waals surface area contributed by atoms with Crippen molar-refractivity contribution in [3.63, 3.8) is 0 Å². The van der Waals surface area contributed by atoms with E-state index in [1.807, 2.05) is 0 Å². The van der Waals surface area contributed by atoms with Crippen molar-refractivity contribution in [2.24, 2.45) is 0 Å². The van der Waals surface area contributed by atoms with Crippen LogP contribution in [0.3, 0.4) is 0 Å². The molecule has 0 saturated carbocycles. The molecular weight excluding hydrogens is 395 g/mol. The fourth-order valence-electron chi connectivity index (χ4n) is 2.55. The number of halogens is 1. The van der Waals surface area contributed by atoms with E-state index in [4.69, 9.17) is 4.74 Å². The molecule has 0 bridgehead atoms. The van der Waals surface area contributed by atoms with E-state index >= 15 is 0 Å². The van der Waals surface area contributed by atoms with Crippen LogP contribution in [0.5, 0.6) is 5.75 Å². The molecule has 0 unspecified atom stereocenters. The number of benzene rings is 3. The molecule has 0 atom stereocenters. The Bertz CT molecular complexity index is 1150. The van der Waals surface area contributed by atoms with Crippen molar-refractivity contribution >= 4 is 27.3 Å².